The lowest BCUT2D eigenvalue weighted by Gasteiger charge is -2.25. The van der Waals surface area contributed by atoms with Crippen LogP contribution in [0.2, 0.25) is 0 Å². The third-order valence-electron chi connectivity index (χ3n) is 3.66. The number of hydrogen-bond acceptors (Lipinski definition) is 2. The Morgan fingerprint density at radius 1 is 1.35 bits per heavy atom. The largest absolute Gasteiger partial charge is 0.366 e. The first kappa shape index (κ1) is 15.3. The Kier molecular flexibility index (Phi) is 5.41. The number of nitrogens with one attached hydrogen (secondary N) is 1. The molecule has 2 nitrogen and oxygen atoms in total. The first-order valence-corrected chi connectivity index (χ1v) is 7.87. The summed E-state index contributed by atoms with van der Waals surface area (Å²) in [6.45, 7) is 9.16. The second-order valence-corrected chi connectivity index (χ2v) is 6.24. The minimum atomic E-state index is -0.0748. The summed E-state index contributed by atoms with van der Waals surface area (Å²) in [4.78, 5) is 2.24. The molecule has 0 saturated heterocycles. The molecule has 0 heterocycles. The molecule has 0 radical (unpaired) electrons. The number of hydrogen-bond donors (Lipinski definition) is 1. The molecular formula is C17H27FN2. The maximum atomic E-state index is 14.3. The van der Waals surface area contributed by atoms with E-state index in [0.29, 0.717) is 12.0 Å². The van der Waals surface area contributed by atoms with Crippen LogP contribution in [0, 0.1) is 11.7 Å². The van der Waals surface area contributed by atoms with Crippen LogP contribution in [0.25, 0.3) is 0 Å². The van der Waals surface area contributed by atoms with Crippen LogP contribution in [-0.2, 0) is 6.54 Å². The zero-order valence-electron chi connectivity index (χ0n) is 13.0. The van der Waals surface area contributed by atoms with E-state index >= 15 is 0 Å². The van der Waals surface area contributed by atoms with Gasteiger partial charge < -0.3 is 10.2 Å². The molecule has 20 heavy (non-hydrogen) atoms. The van der Waals surface area contributed by atoms with E-state index in [1.165, 1.54) is 12.8 Å². The Bertz CT molecular complexity index is 427. The van der Waals surface area contributed by atoms with Gasteiger partial charge in [-0.25, -0.2) is 4.39 Å². The van der Waals surface area contributed by atoms with Gasteiger partial charge in [0.25, 0.3) is 0 Å². The highest BCUT2D eigenvalue weighted by atomic mass is 19.1. The van der Waals surface area contributed by atoms with Crippen molar-refractivity contribution in [1.82, 2.24) is 5.32 Å². The zero-order chi connectivity index (χ0) is 14.5. The van der Waals surface area contributed by atoms with Crippen LogP contribution >= 0.6 is 0 Å². The van der Waals surface area contributed by atoms with E-state index in [2.05, 4.69) is 37.1 Å². The van der Waals surface area contributed by atoms with Gasteiger partial charge in [-0.2, -0.15) is 0 Å². The number of halogens is 1. The smallest absolute Gasteiger partial charge is 0.146 e. The first-order valence-electron chi connectivity index (χ1n) is 7.87. The second-order valence-electron chi connectivity index (χ2n) is 6.24. The lowest BCUT2D eigenvalue weighted by Crippen LogP contribution is -2.27. The van der Waals surface area contributed by atoms with Crippen molar-refractivity contribution in [2.24, 2.45) is 5.92 Å². The fourth-order valence-corrected chi connectivity index (χ4v) is 2.53. The normalized spacial score (nSPS) is 14.8. The third-order valence-corrected chi connectivity index (χ3v) is 3.66. The Balaban J connectivity index is 2.00. The Morgan fingerprint density at radius 2 is 2.10 bits per heavy atom. The van der Waals surface area contributed by atoms with Crippen molar-refractivity contribution in [3.05, 3.63) is 29.6 Å². The summed E-state index contributed by atoms with van der Waals surface area (Å²) < 4.78 is 14.3. The maximum Gasteiger partial charge on any atom is 0.146 e. The van der Waals surface area contributed by atoms with Gasteiger partial charge >= 0.3 is 0 Å². The Morgan fingerprint density at radius 3 is 2.65 bits per heavy atom. The molecule has 1 saturated carbocycles. The molecule has 0 bridgehead atoms. The van der Waals surface area contributed by atoms with Crippen LogP contribution in [-0.4, -0.2) is 19.1 Å². The van der Waals surface area contributed by atoms with Crippen LogP contribution in [0.15, 0.2) is 18.2 Å². The molecule has 0 atom stereocenters. The topological polar surface area (TPSA) is 15.3 Å². The predicted molar refractivity (Wildman–Crippen MR) is 83.6 cm³/mol. The fourth-order valence-electron chi connectivity index (χ4n) is 2.53. The summed E-state index contributed by atoms with van der Waals surface area (Å²) in [5.41, 5.74) is 1.81. The van der Waals surface area contributed by atoms with E-state index in [-0.39, 0.29) is 5.82 Å². The van der Waals surface area contributed by atoms with E-state index in [4.69, 9.17) is 0 Å². The molecule has 1 N–H and O–H groups in total. The Hall–Kier alpha value is -1.09. The van der Waals surface area contributed by atoms with Gasteiger partial charge in [0.2, 0.25) is 0 Å². The standard InChI is InChI=1S/C17H27FN2/c1-4-9-20(15-6-7-15)17-8-5-14(10-16(17)18)12-19-11-13(2)3/h5,8,10,13,15,19H,4,6-7,9,11-12H2,1-3H3. The molecule has 1 aliphatic rings. The molecule has 1 aromatic rings. The molecule has 3 heteroatoms. The molecule has 0 aromatic heterocycles. The lowest BCUT2D eigenvalue weighted by molar-refractivity contribution is 0.549. The molecule has 1 aliphatic carbocycles. The van der Waals surface area contributed by atoms with Crippen molar-refractivity contribution in [3.63, 3.8) is 0 Å². The van der Waals surface area contributed by atoms with Crippen molar-refractivity contribution in [1.29, 1.82) is 0 Å². The summed E-state index contributed by atoms with van der Waals surface area (Å²) in [7, 11) is 0. The monoisotopic (exact) mass is 278 g/mol. The fraction of sp³-hybridized carbons (Fsp3) is 0.647. The van der Waals surface area contributed by atoms with Gasteiger partial charge in [-0.05, 0) is 49.4 Å². The van der Waals surface area contributed by atoms with Gasteiger partial charge in [0.1, 0.15) is 5.82 Å². The summed E-state index contributed by atoms with van der Waals surface area (Å²) in [6.07, 6.45) is 3.47. The molecule has 0 spiro atoms. The number of benzene rings is 1. The zero-order valence-corrected chi connectivity index (χ0v) is 13.0. The molecule has 2 rings (SSSR count). The second kappa shape index (κ2) is 7.07. The number of rotatable bonds is 8. The minimum Gasteiger partial charge on any atom is -0.366 e. The van der Waals surface area contributed by atoms with Crippen LogP contribution in [0.5, 0.6) is 0 Å². The van der Waals surface area contributed by atoms with Crippen LogP contribution in [0.4, 0.5) is 10.1 Å². The van der Waals surface area contributed by atoms with E-state index in [9.17, 15) is 4.39 Å². The molecule has 0 unspecified atom stereocenters. The van der Waals surface area contributed by atoms with Gasteiger partial charge in [0.15, 0.2) is 0 Å². The number of nitrogens with zero attached hydrogens (tertiary/aromatic N) is 1. The van der Waals surface area contributed by atoms with Crippen LogP contribution < -0.4 is 10.2 Å². The first-order chi connectivity index (χ1) is 9.61. The van der Waals surface area contributed by atoms with Crippen LogP contribution in [0.1, 0.15) is 45.6 Å². The lowest BCUT2D eigenvalue weighted by atomic mass is 10.1. The molecule has 0 amide bonds. The van der Waals surface area contributed by atoms with Crippen LogP contribution in [0.3, 0.4) is 0 Å². The molecule has 0 aliphatic heterocycles. The molecule has 1 fully saturated rings. The van der Waals surface area contributed by atoms with Crippen molar-refractivity contribution in [2.45, 2.75) is 52.6 Å². The SMILES string of the molecule is CCCN(c1ccc(CNCC(C)C)cc1F)C1CC1. The van der Waals surface area contributed by atoms with E-state index in [1.54, 1.807) is 6.07 Å². The van der Waals surface area contributed by atoms with Crippen molar-refractivity contribution < 1.29 is 4.39 Å². The van der Waals surface area contributed by atoms with Gasteiger partial charge in [0, 0.05) is 19.1 Å². The summed E-state index contributed by atoms with van der Waals surface area (Å²) in [6, 6.07) is 6.26. The minimum absolute atomic E-state index is 0.0748. The highest BCUT2D eigenvalue weighted by Crippen LogP contribution is 2.33. The average Bonchev–Trinajstić information content (AvgIpc) is 3.21. The average molecular weight is 278 g/mol. The number of anilines is 1. The van der Waals surface area contributed by atoms with Gasteiger partial charge in [0.05, 0.1) is 5.69 Å². The summed E-state index contributed by atoms with van der Waals surface area (Å²) in [5.74, 6) is 0.545. The summed E-state index contributed by atoms with van der Waals surface area (Å²) in [5, 5.41) is 3.36. The van der Waals surface area contributed by atoms with Gasteiger partial charge in [-0.3, -0.25) is 0 Å². The highest BCUT2D eigenvalue weighted by molar-refractivity contribution is 5.51. The maximum absolute atomic E-state index is 14.3. The molecule has 112 valence electrons. The van der Waals surface area contributed by atoms with Gasteiger partial charge in [-0.15, -0.1) is 0 Å². The highest BCUT2D eigenvalue weighted by Gasteiger charge is 2.30. The van der Waals surface area contributed by atoms with E-state index in [0.717, 1.165) is 37.3 Å². The summed E-state index contributed by atoms with van der Waals surface area (Å²) >= 11 is 0. The predicted octanol–water partition coefficient (Wildman–Crippen LogP) is 3.95. The van der Waals surface area contributed by atoms with Crippen molar-refractivity contribution >= 4 is 5.69 Å². The molecule has 1 aromatic carbocycles. The Labute approximate surface area is 122 Å². The van der Waals surface area contributed by atoms with E-state index < -0.39 is 0 Å². The third kappa shape index (κ3) is 4.20. The molecular weight excluding hydrogens is 251 g/mol. The quantitative estimate of drug-likeness (QED) is 0.774. The van der Waals surface area contributed by atoms with Crippen molar-refractivity contribution in [3.8, 4) is 0 Å². The van der Waals surface area contributed by atoms with Crippen molar-refractivity contribution in [2.75, 3.05) is 18.0 Å². The van der Waals surface area contributed by atoms with Gasteiger partial charge in [-0.1, -0.05) is 26.8 Å². The van der Waals surface area contributed by atoms with E-state index in [1.807, 2.05) is 6.07 Å².